The smallest absolute Gasteiger partial charge is 0.326 e. The fraction of sp³-hybridized carbons (Fsp3) is 0.431. The van der Waals surface area contributed by atoms with Gasteiger partial charge in [-0.05, 0) is 74.0 Å². The maximum absolute atomic E-state index is 14.8. The van der Waals surface area contributed by atoms with Crippen LogP contribution in [0.3, 0.4) is 0 Å². The summed E-state index contributed by atoms with van der Waals surface area (Å²) in [5.41, 5.74) is 14.4. The van der Waals surface area contributed by atoms with Crippen LogP contribution in [0, 0.1) is 5.92 Å². The highest BCUT2D eigenvalue weighted by atomic mass is 35.5. The minimum absolute atomic E-state index is 0.0203. The van der Waals surface area contributed by atoms with Crippen molar-refractivity contribution in [1.29, 1.82) is 0 Å². The van der Waals surface area contributed by atoms with E-state index >= 15 is 0 Å². The number of hydrogen-bond acceptors (Lipinski definition) is 13. The molecule has 1 fully saturated rings. The van der Waals surface area contributed by atoms with Crippen LogP contribution in [0.2, 0.25) is 5.02 Å². The predicted molar refractivity (Wildman–Crippen MR) is 286 cm³/mol. The summed E-state index contributed by atoms with van der Waals surface area (Å²) in [6.07, 6.45) is 0.700. The number of H-pyrrole nitrogens is 1. The molecule has 7 amide bonds. The number of aromatic amines is 1. The molecule has 24 heteroatoms. The maximum Gasteiger partial charge on any atom is 0.326 e. The second-order valence-corrected chi connectivity index (χ2v) is 22.4. The summed E-state index contributed by atoms with van der Waals surface area (Å²) in [5.74, 6) is -9.76. The third-order valence-corrected chi connectivity index (χ3v) is 15.9. The van der Waals surface area contributed by atoms with E-state index in [0.717, 1.165) is 32.5 Å². The number of carbonyl (C=O) groups is 9. The van der Waals surface area contributed by atoms with E-state index in [1.54, 1.807) is 94.6 Å². The molecule has 75 heavy (non-hydrogen) atoms. The molecule has 404 valence electrons. The molecule has 0 aliphatic carbocycles. The Morgan fingerprint density at radius 3 is 1.89 bits per heavy atom. The van der Waals surface area contributed by atoms with Gasteiger partial charge in [-0.1, -0.05) is 108 Å². The van der Waals surface area contributed by atoms with Crippen LogP contribution in [0.25, 0.3) is 10.9 Å². The van der Waals surface area contributed by atoms with Crippen molar-refractivity contribution in [2.24, 2.45) is 17.4 Å². The van der Waals surface area contributed by atoms with Gasteiger partial charge in [0, 0.05) is 51.9 Å². The molecule has 1 aliphatic heterocycles. The minimum Gasteiger partial charge on any atom is -0.481 e. The zero-order valence-corrected chi connectivity index (χ0v) is 44.2. The number of benzene rings is 3. The van der Waals surface area contributed by atoms with Crippen molar-refractivity contribution in [1.82, 2.24) is 42.2 Å². The fourth-order valence-corrected chi connectivity index (χ4v) is 11.1. The highest BCUT2D eigenvalue weighted by Crippen LogP contribution is 2.39. The molecule has 5 rings (SSSR count). The van der Waals surface area contributed by atoms with Crippen molar-refractivity contribution in [3.8, 4) is 0 Å². The molecule has 0 spiro atoms. The molecule has 1 saturated heterocycles. The zero-order valence-electron chi connectivity index (χ0n) is 41.9. The largest absolute Gasteiger partial charge is 0.481 e. The van der Waals surface area contributed by atoms with Crippen LogP contribution in [0.5, 0.6) is 0 Å². The summed E-state index contributed by atoms with van der Waals surface area (Å²) in [6.45, 7) is 6.38. The van der Waals surface area contributed by atoms with E-state index < -0.39 is 119 Å². The Morgan fingerprint density at radius 1 is 0.747 bits per heavy atom. The molecule has 0 radical (unpaired) electrons. The van der Waals surface area contributed by atoms with Gasteiger partial charge in [-0.2, -0.15) is 0 Å². The van der Waals surface area contributed by atoms with Crippen molar-refractivity contribution in [2.75, 3.05) is 12.3 Å². The van der Waals surface area contributed by atoms with Crippen molar-refractivity contribution in [3.63, 3.8) is 0 Å². The van der Waals surface area contributed by atoms with Gasteiger partial charge in [-0.15, -0.1) is 0 Å². The number of carbonyl (C=O) groups excluding carboxylic acids is 7. The van der Waals surface area contributed by atoms with Crippen LogP contribution in [-0.2, 0) is 62.4 Å². The number of carboxylic acid groups (broad SMARTS) is 2. The van der Waals surface area contributed by atoms with Gasteiger partial charge >= 0.3 is 11.9 Å². The van der Waals surface area contributed by atoms with Gasteiger partial charge in [-0.25, -0.2) is 4.79 Å². The van der Waals surface area contributed by atoms with E-state index in [-0.39, 0.29) is 44.4 Å². The molecule has 21 nitrogen and oxygen atoms in total. The first-order valence-electron chi connectivity index (χ1n) is 24.2. The lowest BCUT2D eigenvalue weighted by molar-refractivity contribution is -0.143. The Morgan fingerprint density at radius 2 is 1.29 bits per heavy atom. The Hall–Kier alpha value is -6.66. The van der Waals surface area contributed by atoms with Crippen molar-refractivity contribution >= 4 is 97.4 Å². The number of para-hydroxylation sites is 1. The lowest BCUT2D eigenvalue weighted by Gasteiger charge is -2.35. The molecular weight excluding hydrogens is 1030 g/mol. The van der Waals surface area contributed by atoms with E-state index in [9.17, 15) is 53.4 Å². The molecule has 1 aliphatic rings. The average molecular weight is 1090 g/mol. The molecule has 4 aromatic rings. The monoisotopic (exact) mass is 1090 g/mol. The second kappa shape index (κ2) is 27.8. The number of fused-ring (bicyclic) bond motifs is 1. The van der Waals surface area contributed by atoms with Crippen LogP contribution in [0.1, 0.15) is 63.6 Å². The Bertz CT molecular complexity index is 2680. The molecule has 0 bridgehead atoms. The summed E-state index contributed by atoms with van der Waals surface area (Å²) in [6, 6.07) is 10.7. The molecule has 1 aromatic heterocycles. The number of halogens is 1. The third-order valence-electron chi connectivity index (χ3n) is 12.3. The normalized spacial score (nSPS) is 22.1. The van der Waals surface area contributed by atoms with E-state index in [4.69, 9.17) is 23.1 Å². The molecule has 0 saturated carbocycles. The molecule has 0 unspecified atom stereocenters. The van der Waals surface area contributed by atoms with Gasteiger partial charge in [-0.3, -0.25) is 38.4 Å². The second-order valence-electron chi connectivity index (χ2n) is 19.0. The number of aliphatic carboxylic acids is 2. The zero-order chi connectivity index (χ0) is 55.0. The maximum atomic E-state index is 14.8. The Labute approximate surface area is 446 Å². The number of nitrogens with one attached hydrogen (secondary N) is 8. The van der Waals surface area contributed by atoms with E-state index in [0.29, 0.717) is 21.7 Å². The summed E-state index contributed by atoms with van der Waals surface area (Å²) in [4.78, 5) is 128. The summed E-state index contributed by atoms with van der Waals surface area (Å²) in [7, 11) is 1.93. The van der Waals surface area contributed by atoms with Crippen LogP contribution in [0.4, 0.5) is 0 Å². The van der Waals surface area contributed by atoms with Crippen molar-refractivity contribution < 1.29 is 53.4 Å². The Kier molecular flexibility index (Phi) is 21.9. The first kappa shape index (κ1) is 59.2. The minimum atomic E-state index is -1.61. The fourth-order valence-electron chi connectivity index (χ4n) is 8.13. The van der Waals surface area contributed by atoms with Gasteiger partial charge in [0.25, 0.3) is 0 Å². The Balaban J connectivity index is 1.66. The number of rotatable bonds is 17. The van der Waals surface area contributed by atoms with Crippen molar-refractivity contribution in [2.45, 2.75) is 119 Å². The van der Waals surface area contributed by atoms with Gasteiger partial charge < -0.3 is 63.9 Å². The molecule has 8 atom stereocenters. The summed E-state index contributed by atoms with van der Waals surface area (Å²) < 4.78 is -1.41. The standard InChI is InChI=1S/C51H65ClN10O11S2/c1-27(2)41(50(72)73)61-48(70)39-26-74-75-51(3,4)42(62-43(65)33(54)24-40(63)64)49(71)59-37(21-28-11-6-5-7-12-28)45(67)58-38(23-30-25-55-34-14-9-8-13-32(30)34)47(69)56-35(15-10-20-53)44(66)57-36(46(68)60-39)22-29-16-18-31(52)19-17-29/h5-9,11-14,16-19,25,27,33,35-39,41-42,55H,10,15,20-24,26,53-54H2,1-4H3,(H,56,69)(H,57,66)(H,58,67)(H,59,71)(H,60,68)(H,61,70)(H,62,65)(H,63,64)(H,72,73)/t33-,35-,36-,37-,38+,39-,41-,42+/m0/s1. The SMILES string of the molecule is CC(C)[C@H](NC(=O)[C@@H]1CSSC(C)(C)[C@H](NC(=O)[C@@H](N)CC(=O)O)C(=O)N[C@@H](Cc2ccccc2)C(=O)N[C@H](Cc2c[nH]c3ccccc23)C(=O)N[C@@H](CCCN)C(=O)N[C@@H](Cc2ccc(Cl)cc2)C(=O)N1)C(=O)O. The number of aromatic nitrogens is 1. The lowest BCUT2D eigenvalue weighted by Crippen LogP contribution is -2.63. The molecule has 14 N–H and O–H groups in total. The topological polar surface area (TPSA) is 346 Å². The van der Waals surface area contributed by atoms with Crippen LogP contribution >= 0.6 is 33.2 Å². The lowest BCUT2D eigenvalue weighted by atomic mass is 9.98. The first-order chi connectivity index (χ1) is 35.6. The van der Waals surface area contributed by atoms with Crippen LogP contribution < -0.4 is 48.7 Å². The van der Waals surface area contributed by atoms with E-state index in [1.807, 2.05) is 18.2 Å². The first-order valence-corrected chi connectivity index (χ1v) is 26.9. The van der Waals surface area contributed by atoms with Crippen molar-refractivity contribution in [3.05, 3.63) is 107 Å². The predicted octanol–water partition coefficient (Wildman–Crippen LogP) is 1.70. The van der Waals surface area contributed by atoms with E-state index in [2.05, 4.69) is 42.2 Å². The number of amides is 7. The summed E-state index contributed by atoms with van der Waals surface area (Å²) in [5, 5.41) is 39.5. The van der Waals surface area contributed by atoms with Crippen LogP contribution in [-0.4, -0.2) is 134 Å². The molecule has 3 aromatic carbocycles. The highest BCUT2D eigenvalue weighted by molar-refractivity contribution is 8.77. The number of carboxylic acids is 2. The van der Waals surface area contributed by atoms with Gasteiger partial charge in [0.15, 0.2) is 0 Å². The van der Waals surface area contributed by atoms with Crippen LogP contribution in [0.15, 0.2) is 85.1 Å². The molecule has 2 heterocycles. The number of hydrogen-bond donors (Lipinski definition) is 12. The highest BCUT2D eigenvalue weighted by Gasteiger charge is 2.42. The quantitative estimate of drug-likeness (QED) is 0.0670. The van der Waals surface area contributed by atoms with E-state index in [1.165, 1.54) is 0 Å². The van der Waals surface area contributed by atoms with Gasteiger partial charge in [0.2, 0.25) is 41.4 Å². The molecular formula is C51H65ClN10O11S2. The number of nitrogens with two attached hydrogens (primary N) is 2. The van der Waals surface area contributed by atoms with Gasteiger partial charge in [0.05, 0.1) is 12.5 Å². The third kappa shape index (κ3) is 17.5. The van der Waals surface area contributed by atoms with Gasteiger partial charge in [0.1, 0.15) is 42.3 Å². The average Bonchev–Trinajstić information content (AvgIpc) is 3.77. The summed E-state index contributed by atoms with van der Waals surface area (Å²) >= 11 is 6.19.